The van der Waals surface area contributed by atoms with Gasteiger partial charge in [0.15, 0.2) is 5.82 Å². The van der Waals surface area contributed by atoms with E-state index in [1.807, 2.05) is 4.90 Å². The van der Waals surface area contributed by atoms with Gasteiger partial charge < -0.3 is 18.9 Å². The molecule has 0 radical (unpaired) electrons. The third-order valence-electron chi connectivity index (χ3n) is 4.14. The molecule has 1 aliphatic rings. The fourth-order valence-corrected chi connectivity index (χ4v) is 2.86. The van der Waals surface area contributed by atoms with Gasteiger partial charge in [-0.15, -0.1) is 0 Å². The lowest BCUT2D eigenvalue weighted by molar-refractivity contribution is 0.0703. The Morgan fingerprint density at radius 2 is 2.28 bits per heavy atom. The number of nitrogens with zero attached hydrogens (tertiary/aromatic N) is 4. The van der Waals surface area contributed by atoms with Crippen LogP contribution >= 0.6 is 0 Å². The Morgan fingerprint density at radius 3 is 2.96 bits per heavy atom. The fraction of sp³-hybridized carbons (Fsp3) is 0.529. The third kappa shape index (κ3) is 4.33. The Kier molecular flexibility index (Phi) is 5.60. The quantitative estimate of drug-likeness (QED) is 0.737. The number of aryl methyl sites for hydroxylation is 1. The van der Waals surface area contributed by atoms with E-state index in [-0.39, 0.29) is 11.8 Å². The molecule has 0 N–H and O–H groups in total. The average molecular weight is 346 g/mol. The number of pyridine rings is 1. The van der Waals surface area contributed by atoms with Gasteiger partial charge in [-0.1, -0.05) is 5.16 Å². The average Bonchev–Trinajstić information content (AvgIpc) is 3.08. The number of carbonyl (C=O) groups excluding carboxylic acids is 1. The summed E-state index contributed by atoms with van der Waals surface area (Å²) in [6.45, 7) is 3.99. The second-order valence-electron chi connectivity index (χ2n) is 5.99. The number of ether oxygens (including phenoxy) is 2. The molecule has 1 amide bonds. The van der Waals surface area contributed by atoms with E-state index in [2.05, 4.69) is 15.1 Å². The summed E-state index contributed by atoms with van der Waals surface area (Å²) in [5, 5.41) is 3.99. The third-order valence-corrected chi connectivity index (χ3v) is 4.14. The monoisotopic (exact) mass is 346 g/mol. The molecular weight excluding hydrogens is 324 g/mol. The summed E-state index contributed by atoms with van der Waals surface area (Å²) in [4.78, 5) is 23.0. The minimum atomic E-state index is -0.0409. The maximum absolute atomic E-state index is 12.7. The number of rotatable bonds is 6. The summed E-state index contributed by atoms with van der Waals surface area (Å²) >= 11 is 0. The molecule has 25 heavy (non-hydrogen) atoms. The van der Waals surface area contributed by atoms with Gasteiger partial charge in [-0.2, -0.15) is 4.98 Å². The van der Waals surface area contributed by atoms with E-state index >= 15 is 0 Å². The first kappa shape index (κ1) is 17.3. The van der Waals surface area contributed by atoms with Crippen LogP contribution in [0.5, 0.6) is 5.88 Å². The summed E-state index contributed by atoms with van der Waals surface area (Å²) in [5.41, 5.74) is 0.545. The van der Waals surface area contributed by atoms with Crippen molar-refractivity contribution in [2.75, 3.05) is 33.4 Å². The van der Waals surface area contributed by atoms with E-state index in [0.717, 1.165) is 19.4 Å². The summed E-state index contributed by atoms with van der Waals surface area (Å²) in [6, 6.07) is 3.44. The molecule has 1 fully saturated rings. The number of carbonyl (C=O) groups is 1. The second-order valence-corrected chi connectivity index (χ2v) is 5.99. The summed E-state index contributed by atoms with van der Waals surface area (Å²) in [7, 11) is 1.61. The number of hydrogen-bond donors (Lipinski definition) is 0. The highest BCUT2D eigenvalue weighted by atomic mass is 16.5. The van der Waals surface area contributed by atoms with Crippen molar-refractivity contribution in [1.29, 1.82) is 0 Å². The molecule has 8 nitrogen and oxygen atoms in total. The van der Waals surface area contributed by atoms with Gasteiger partial charge in [0.05, 0.1) is 12.2 Å². The first-order valence-corrected chi connectivity index (χ1v) is 8.34. The molecule has 2 aromatic rings. The molecule has 0 bridgehead atoms. The highest BCUT2D eigenvalue weighted by molar-refractivity contribution is 5.94. The number of aromatic nitrogens is 3. The Balaban J connectivity index is 1.61. The van der Waals surface area contributed by atoms with Gasteiger partial charge in [-0.3, -0.25) is 4.79 Å². The van der Waals surface area contributed by atoms with Crippen molar-refractivity contribution in [3.8, 4) is 5.88 Å². The van der Waals surface area contributed by atoms with E-state index in [1.54, 1.807) is 32.4 Å². The van der Waals surface area contributed by atoms with Gasteiger partial charge in [0.1, 0.15) is 6.61 Å². The van der Waals surface area contributed by atoms with E-state index in [9.17, 15) is 4.79 Å². The van der Waals surface area contributed by atoms with Crippen molar-refractivity contribution < 1.29 is 18.8 Å². The number of likely N-dealkylation sites (tertiary alicyclic amines) is 1. The van der Waals surface area contributed by atoms with Crippen molar-refractivity contribution in [2.24, 2.45) is 0 Å². The van der Waals surface area contributed by atoms with Gasteiger partial charge in [-0.05, 0) is 18.9 Å². The smallest absolute Gasteiger partial charge is 0.255 e. The van der Waals surface area contributed by atoms with Crippen LogP contribution in [-0.2, 0) is 4.74 Å². The van der Waals surface area contributed by atoms with Crippen molar-refractivity contribution in [3.05, 3.63) is 35.6 Å². The zero-order valence-electron chi connectivity index (χ0n) is 14.5. The first-order valence-electron chi connectivity index (χ1n) is 8.34. The van der Waals surface area contributed by atoms with Gasteiger partial charge in [-0.25, -0.2) is 4.98 Å². The van der Waals surface area contributed by atoms with Gasteiger partial charge in [0.25, 0.3) is 5.91 Å². The van der Waals surface area contributed by atoms with E-state index in [4.69, 9.17) is 14.0 Å². The molecule has 0 saturated carbocycles. The highest BCUT2D eigenvalue weighted by Crippen LogP contribution is 2.26. The Hall–Kier alpha value is -2.48. The van der Waals surface area contributed by atoms with Crippen LogP contribution in [0, 0.1) is 6.92 Å². The van der Waals surface area contributed by atoms with Gasteiger partial charge in [0.2, 0.25) is 11.8 Å². The lowest BCUT2D eigenvalue weighted by Crippen LogP contribution is -2.39. The molecule has 2 aromatic heterocycles. The number of methoxy groups -OCH3 is 1. The molecule has 0 aliphatic carbocycles. The zero-order valence-corrected chi connectivity index (χ0v) is 14.5. The SMILES string of the molecule is COCCOc1ccc(C(=O)N2CCC[C@@H](c3noc(C)n3)C2)cn1. The summed E-state index contributed by atoms with van der Waals surface area (Å²) in [6.07, 6.45) is 3.41. The van der Waals surface area contributed by atoms with Crippen LogP contribution in [0.2, 0.25) is 0 Å². The van der Waals surface area contributed by atoms with Crippen LogP contribution in [0.3, 0.4) is 0 Å². The summed E-state index contributed by atoms with van der Waals surface area (Å²) in [5.74, 6) is 1.77. The molecule has 1 atom stereocenters. The minimum Gasteiger partial charge on any atom is -0.475 e. The molecule has 8 heteroatoms. The Morgan fingerprint density at radius 1 is 1.40 bits per heavy atom. The van der Waals surface area contributed by atoms with Crippen LogP contribution in [0.25, 0.3) is 0 Å². The molecular formula is C17H22N4O4. The topological polar surface area (TPSA) is 90.6 Å². The van der Waals surface area contributed by atoms with Crippen LogP contribution in [-0.4, -0.2) is 59.3 Å². The summed E-state index contributed by atoms with van der Waals surface area (Å²) < 4.78 is 15.4. The molecule has 1 aliphatic heterocycles. The Bertz CT molecular complexity index is 701. The van der Waals surface area contributed by atoms with E-state index in [1.165, 1.54) is 0 Å². The largest absolute Gasteiger partial charge is 0.475 e. The highest BCUT2D eigenvalue weighted by Gasteiger charge is 2.28. The lowest BCUT2D eigenvalue weighted by Gasteiger charge is -2.31. The predicted octanol–water partition coefficient (Wildman–Crippen LogP) is 1.82. The molecule has 134 valence electrons. The standard InChI is InChI=1S/C17H22N4O4/c1-12-19-16(20-25-12)14-4-3-7-21(11-14)17(22)13-5-6-15(18-10-13)24-9-8-23-2/h5-6,10,14H,3-4,7-9,11H2,1-2H3/t14-/m1/s1. The second kappa shape index (κ2) is 8.06. The fourth-order valence-electron chi connectivity index (χ4n) is 2.86. The van der Waals surface area contributed by atoms with Crippen LogP contribution < -0.4 is 4.74 Å². The minimum absolute atomic E-state index is 0.0409. The lowest BCUT2D eigenvalue weighted by atomic mass is 9.97. The molecule has 0 aromatic carbocycles. The Labute approximate surface area is 146 Å². The van der Waals surface area contributed by atoms with Crippen molar-refractivity contribution in [3.63, 3.8) is 0 Å². The molecule has 1 saturated heterocycles. The molecule has 3 rings (SSSR count). The molecule has 0 spiro atoms. The zero-order chi connectivity index (χ0) is 17.6. The van der Waals surface area contributed by atoms with E-state index in [0.29, 0.717) is 42.9 Å². The van der Waals surface area contributed by atoms with Crippen LogP contribution in [0.4, 0.5) is 0 Å². The molecule has 0 unspecified atom stereocenters. The number of hydrogen-bond acceptors (Lipinski definition) is 7. The predicted molar refractivity (Wildman–Crippen MR) is 88.5 cm³/mol. The van der Waals surface area contributed by atoms with Gasteiger partial charge in [0, 0.05) is 45.3 Å². The maximum atomic E-state index is 12.7. The van der Waals surface area contributed by atoms with Gasteiger partial charge >= 0.3 is 0 Å². The van der Waals surface area contributed by atoms with Crippen molar-refractivity contribution >= 4 is 5.91 Å². The number of piperidine rings is 1. The normalized spacial score (nSPS) is 17.5. The number of amides is 1. The maximum Gasteiger partial charge on any atom is 0.255 e. The van der Waals surface area contributed by atoms with Crippen LogP contribution in [0.1, 0.15) is 40.8 Å². The van der Waals surface area contributed by atoms with E-state index < -0.39 is 0 Å². The van der Waals surface area contributed by atoms with Crippen molar-refractivity contribution in [2.45, 2.75) is 25.7 Å². The van der Waals surface area contributed by atoms with Crippen molar-refractivity contribution in [1.82, 2.24) is 20.0 Å². The first-order chi connectivity index (χ1) is 12.2. The van der Waals surface area contributed by atoms with Crippen LogP contribution in [0.15, 0.2) is 22.9 Å². The molecule has 3 heterocycles.